The SMILES string of the molecule is Cc1c(C(F)(F)F)cccc1C(Cc1ccccc1)(NC(=O)Nc1cccc(F)c1)c1ccc(Cl)cn1. The van der Waals surface area contributed by atoms with Gasteiger partial charge in [-0.05, 0) is 60.0 Å². The molecule has 1 atom stereocenters. The van der Waals surface area contributed by atoms with Crippen molar-refractivity contribution in [2.75, 3.05) is 5.32 Å². The van der Waals surface area contributed by atoms with Crippen molar-refractivity contribution in [3.63, 3.8) is 0 Å². The third-order valence-electron chi connectivity index (χ3n) is 5.99. The number of hydrogen-bond donors (Lipinski definition) is 2. The van der Waals surface area contributed by atoms with Crippen molar-refractivity contribution in [3.8, 4) is 0 Å². The molecule has 0 aliphatic carbocycles. The maximum Gasteiger partial charge on any atom is 0.416 e. The second-order valence-corrected chi connectivity index (χ2v) is 8.93. The molecule has 1 aromatic heterocycles. The summed E-state index contributed by atoms with van der Waals surface area (Å²) in [5.74, 6) is -0.554. The van der Waals surface area contributed by atoms with Crippen molar-refractivity contribution < 1.29 is 22.4 Å². The first-order valence-electron chi connectivity index (χ1n) is 11.3. The quantitative estimate of drug-likeness (QED) is 0.255. The highest BCUT2D eigenvalue weighted by Gasteiger charge is 2.42. The zero-order valence-corrected chi connectivity index (χ0v) is 20.4. The van der Waals surface area contributed by atoms with Gasteiger partial charge in [-0.25, -0.2) is 9.18 Å². The summed E-state index contributed by atoms with van der Waals surface area (Å²) < 4.78 is 55.5. The van der Waals surface area contributed by atoms with E-state index >= 15 is 0 Å². The molecule has 0 radical (unpaired) electrons. The summed E-state index contributed by atoms with van der Waals surface area (Å²) in [7, 11) is 0. The molecule has 4 aromatic rings. The fourth-order valence-electron chi connectivity index (χ4n) is 4.36. The molecular formula is C28H22ClF4N3O. The number of nitrogens with one attached hydrogen (secondary N) is 2. The maximum atomic E-state index is 13.9. The summed E-state index contributed by atoms with van der Waals surface area (Å²) in [4.78, 5) is 17.7. The Morgan fingerprint density at radius 2 is 1.62 bits per heavy atom. The Bertz CT molecular complexity index is 1390. The molecule has 0 saturated carbocycles. The number of aromatic nitrogens is 1. The highest BCUT2D eigenvalue weighted by Crippen LogP contribution is 2.40. The van der Waals surface area contributed by atoms with Gasteiger partial charge in [0, 0.05) is 18.3 Å². The monoisotopic (exact) mass is 527 g/mol. The first-order chi connectivity index (χ1) is 17.6. The average Bonchev–Trinajstić information content (AvgIpc) is 2.84. The normalized spacial score (nSPS) is 13.0. The number of carbonyl (C=O) groups is 1. The second-order valence-electron chi connectivity index (χ2n) is 8.49. The number of rotatable bonds is 6. The van der Waals surface area contributed by atoms with Crippen LogP contribution in [0.25, 0.3) is 0 Å². The number of amides is 2. The van der Waals surface area contributed by atoms with E-state index in [2.05, 4.69) is 15.6 Å². The third-order valence-corrected chi connectivity index (χ3v) is 6.21. The van der Waals surface area contributed by atoms with Gasteiger partial charge in [0.05, 0.1) is 16.3 Å². The van der Waals surface area contributed by atoms with Crippen LogP contribution in [0.15, 0.2) is 91.1 Å². The molecule has 2 amide bonds. The molecule has 0 aliphatic rings. The lowest BCUT2D eigenvalue weighted by Gasteiger charge is -2.37. The van der Waals surface area contributed by atoms with Crippen molar-refractivity contribution in [3.05, 3.63) is 130 Å². The lowest BCUT2D eigenvalue weighted by molar-refractivity contribution is -0.138. The number of benzene rings is 3. The van der Waals surface area contributed by atoms with Crippen LogP contribution in [0.3, 0.4) is 0 Å². The van der Waals surface area contributed by atoms with Gasteiger partial charge >= 0.3 is 12.2 Å². The van der Waals surface area contributed by atoms with Crippen molar-refractivity contribution in [1.29, 1.82) is 0 Å². The predicted molar refractivity (Wildman–Crippen MR) is 135 cm³/mol. The van der Waals surface area contributed by atoms with Crippen LogP contribution in [0.5, 0.6) is 0 Å². The van der Waals surface area contributed by atoms with Gasteiger partial charge < -0.3 is 10.6 Å². The van der Waals surface area contributed by atoms with Gasteiger partial charge in [0.25, 0.3) is 0 Å². The smallest absolute Gasteiger partial charge is 0.322 e. The number of alkyl halides is 3. The molecule has 1 unspecified atom stereocenters. The molecule has 4 rings (SSSR count). The molecule has 37 heavy (non-hydrogen) atoms. The summed E-state index contributed by atoms with van der Waals surface area (Å²) >= 11 is 6.07. The van der Waals surface area contributed by atoms with E-state index in [0.717, 1.165) is 17.7 Å². The molecule has 0 spiro atoms. The summed E-state index contributed by atoms with van der Waals surface area (Å²) in [6.45, 7) is 1.36. The molecule has 0 fully saturated rings. The number of pyridine rings is 1. The molecule has 4 nitrogen and oxygen atoms in total. The number of anilines is 1. The van der Waals surface area contributed by atoms with E-state index in [0.29, 0.717) is 5.02 Å². The third kappa shape index (κ3) is 5.91. The lowest BCUT2D eigenvalue weighted by atomic mass is 9.77. The van der Waals surface area contributed by atoms with Crippen LogP contribution in [0.2, 0.25) is 5.02 Å². The van der Waals surface area contributed by atoms with Crippen LogP contribution in [-0.2, 0) is 18.1 Å². The van der Waals surface area contributed by atoms with Crippen LogP contribution in [-0.4, -0.2) is 11.0 Å². The minimum Gasteiger partial charge on any atom is -0.322 e. The number of halogens is 5. The first-order valence-corrected chi connectivity index (χ1v) is 11.6. The van der Waals surface area contributed by atoms with Crippen LogP contribution in [0, 0.1) is 12.7 Å². The van der Waals surface area contributed by atoms with Crippen molar-refractivity contribution in [1.82, 2.24) is 10.3 Å². The highest BCUT2D eigenvalue weighted by atomic mass is 35.5. The predicted octanol–water partition coefficient (Wildman–Crippen LogP) is 7.51. The summed E-state index contributed by atoms with van der Waals surface area (Å²) in [6, 6.07) is 20.5. The van der Waals surface area contributed by atoms with Gasteiger partial charge in [-0.2, -0.15) is 13.2 Å². The first kappa shape index (κ1) is 26.2. The lowest BCUT2D eigenvalue weighted by Crippen LogP contribution is -2.51. The van der Waals surface area contributed by atoms with Crippen molar-refractivity contribution in [2.24, 2.45) is 0 Å². The van der Waals surface area contributed by atoms with Gasteiger partial charge in [-0.3, -0.25) is 4.98 Å². The molecule has 1 heterocycles. The molecule has 0 saturated heterocycles. The van der Waals surface area contributed by atoms with Gasteiger partial charge in [-0.1, -0.05) is 60.1 Å². The molecule has 3 aromatic carbocycles. The Labute approximate surface area is 216 Å². The molecular weight excluding hydrogens is 506 g/mol. The number of nitrogens with zero attached hydrogens (tertiary/aromatic N) is 1. The number of carbonyl (C=O) groups excluding carboxylic acids is 1. The Morgan fingerprint density at radius 3 is 2.27 bits per heavy atom. The van der Waals surface area contributed by atoms with Crippen LogP contribution in [0.1, 0.15) is 27.9 Å². The Balaban J connectivity index is 1.92. The fraction of sp³-hybridized carbons (Fsp3) is 0.143. The zero-order valence-electron chi connectivity index (χ0n) is 19.6. The van der Waals surface area contributed by atoms with Crippen molar-refractivity contribution in [2.45, 2.75) is 25.1 Å². The molecule has 9 heteroatoms. The maximum absolute atomic E-state index is 13.9. The Morgan fingerprint density at radius 1 is 0.919 bits per heavy atom. The summed E-state index contributed by atoms with van der Waals surface area (Å²) in [5.41, 5.74) is -1.04. The average molecular weight is 528 g/mol. The summed E-state index contributed by atoms with van der Waals surface area (Å²) in [6.07, 6.45) is -3.18. The zero-order chi connectivity index (χ0) is 26.6. The van der Waals surface area contributed by atoms with E-state index in [1.165, 1.54) is 43.5 Å². The number of hydrogen-bond acceptors (Lipinski definition) is 2. The van der Waals surface area contributed by atoms with Crippen molar-refractivity contribution >= 4 is 23.3 Å². The largest absolute Gasteiger partial charge is 0.416 e. The van der Waals surface area contributed by atoms with E-state index in [9.17, 15) is 22.4 Å². The van der Waals surface area contributed by atoms with Gasteiger partial charge in [-0.15, -0.1) is 0 Å². The molecule has 0 aliphatic heterocycles. The Kier molecular flexibility index (Phi) is 7.50. The van der Waals surface area contributed by atoms with E-state index in [1.807, 2.05) is 6.07 Å². The Hall–Kier alpha value is -3.91. The van der Waals surface area contributed by atoms with Crippen LogP contribution in [0.4, 0.5) is 28.0 Å². The second kappa shape index (κ2) is 10.6. The number of urea groups is 1. The van der Waals surface area contributed by atoms with Gasteiger partial charge in [0.15, 0.2) is 0 Å². The van der Waals surface area contributed by atoms with E-state index in [1.54, 1.807) is 36.4 Å². The summed E-state index contributed by atoms with van der Waals surface area (Å²) in [5, 5.41) is 5.77. The van der Waals surface area contributed by atoms with Crippen LogP contribution < -0.4 is 10.6 Å². The minimum absolute atomic E-state index is 0.0614. The van der Waals surface area contributed by atoms with Crippen LogP contribution >= 0.6 is 11.6 Å². The fourth-order valence-corrected chi connectivity index (χ4v) is 4.47. The van der Waals surface area contributed by atoms with Gasteiger partial charge in [0.1, 0.15) is 11.4 Å². The topological polar surface area (TPSA) is 54.0 Å². The minimum atomic E-state index is -4.62. The van der Waals surface area contributed by atoms with E-state index in [4.69, 9.17) is 11.6 Å². The molecule has 190 valence electrons. The van der Waals surface area contributed by atoms with Gasteiger partial charge in [0.2, 0.25) is 0 Å². The molecule has 0 bridgehead atoms. The van der Waals surface area contributed by atoms with E-state index in [-0.39, 0.29) is 28.9 Å². The molecule has 2 N–H and O–H groups in total. The highest BCUT2D eigenvalue weighted by molar-refractivity contribution is 6.30. The van der Waals surface area contributed by atoms with E-state index < -0.39 is 29.1 Å². The standard InChI is InChI=1S/C28H22ClF4N3O/c1-18-23(11-6-12-24(18)28(31,32)33)27(16-19-7-3-2-4-8-19,25-14-13-20(29)17-34-25)36-26(37)35-22-10-5-9-21(30)15-22/h2-15,17H,16H2,1H3,(H2,35,36,37).